The van der Waals surface area contributed by atoms with Gasteiger partial charge in [0.1, 0.15) is 18.1 Å². The standard InChI is InChI=1S/C14H17NO2/c1-14(2)15-12(9-6-10-16)13(17-14)11-7-4-3-5-8-11/h3-10,12-13,15H,1-2H3/b9-6+/t12-,13-/m1/s1. The smallest absolute Gasteiger partial charge is 0.142 e. The Kier molecular flexibility index (Phi) is 3.41. The quantitative estimate of drug-likeness (QED) is 0.640. The maximum atomic E-state index is 10.4. The molecule has 0 radical (unpaired) electrons. The van der Waals surface area contributed by atoms with Gasteiger partial charge in [0.25, 0.3) is 0 Å². The molecule has 17 heavy (non-hydrogen) atoms. The summed E-state index contributed by atoms with van der Waals surface area (Å²) in [5, 5.41) is 3.35. The molecule has 1 aromatic rings. The van der Waals surface area contributed by atoms with E-state index in [2.05, 4.69) is 5.32 Å². The normalized spacial score (nSPS) is 27.4. The highest BCUT2D eigenvalue weighted by atomic mass is 16.5. The Bertz CT molecular complexity index is 411. The third kappa shape index (κ3) is 2.81. The molecule has 2 atom stereocenters. The zero-order chi connectivity index (χ0) is 12.3. The summed E-state index contributed by atoms with van der Waals surface area (Å²) in [6.07, 6.45) is 4.09. The largest absolute Gasteiger partial charge is 0.351 e. The Labute approximate surface area is 101 Å². The summed E-state index contributed by atoms with van der Waals surface area (Å²) < 4.78 is 5.97. The van der Waals surface area contributed by atoms with E-state index in [1.54, 1.807) is 0 Å². The summed E-state index contributed by atoms with van der Waals surface area (Å²) in [5.41, 5.74) is 0.740. The summed E-state index contributed by atoms with van der Waals surface area (Å²) in [5.74, 6) is 0. The first-order valence-corrected chi connectivity index (χ1v) is 5.75. The summed E-state index contributed by atoms with van der Waals surface area (Å²) in [7, 11) is 0. The lowest BCUT2D eigenvalue weighted by molar-refractivity contribution is -0.104. The number of hydrogen-bond donors (Lipinski definition) is 1. The minimum Gasteiger partial charge on any atom is -0.351 e. The van der Waals surface area contributed by atoms with Gasteiger partial charge < -0.3 is 4.74 Å². The van der Waals surface area contributed by atoms with Gasteiger partial charge in [-0.2, -0.15) is 0 Å². The van der Waals surface area contributed by atoms with Crippen molar-refractivity contribution >= 4 is 6.29 Å². The number of carbonyl (C=O) groups excluding carboxylic acids is 1. The lowest BCUT2D eigenvalue weighted by Gasteiger charge is -2.18. The molecule has 0 aliphatic carbocycles. The summed E-state index contributed by atoms with van der Waals surface area (Å²) >= 11 is 0. The van der Waals surface area contributed by atoms with Crippen LogP contribution in [0.4, 0.5) is 0 Å². The van der Waals surface area contributed by atoms with Gasteiger partial charge in [0, 0.05) is 0 Å². The lowest BCUT2D eigenvalue weighted by atomic mass is 10.0. The molecular weight excluding hydrogens is 214 g/mol. The monoisotopic (exact) mass is 231 g/mol. The number of nitrogens with one attached hydrogen (secondary N) is 1. The van der Waals surface area contributed by atoms with E-state index in [4.69, 9.17) is 4.74 Å². The molecule has 1 aliphatic heterocycles. The molecule has 2 rings (SSSR count). The first-order valence-electron chi connectivity index (χ1n) is 5.75. The van der Waals surface area contributed by atoms with Crippen molar-refractivity contribution in [3.8, 4) is 0 Å². The van der Waals surface area contributed by atoms with Gasteiger partial charge in [0.2, 0.25) is 0 Å². The molecule has 1 heterocycles. The van der Waals surface area contributed by atoms with E-state index in [9.17, 15) is 4.79 Å². The summed E-state index contributed by atoms with van der Waals surface area (Å²) in [4.78, 5) is 10.4. The van der Waals surface area contributed by atoms with Gasteiger partial charge in [-0.15, -0.1) is 0 Å². The molecule has 1 N–H and O–H groups in total. The molecular formula is C14H17NO2. The third-order valence-corrected chi connectivity index (χ3v) is 2.79. The topological polar surface area (TPSA) is 38.3 Å². The fourth-order valence-corrected chi connectivity index (χ4v) is 2.13. The number of benzene rings is 1. The van der Waals surface area contributed by atoms with E-state index >= 15 is 0 Å². The van der Waals surface area contributed by atoms with Crippen molar-refractivity contribution in [3.05, 3.63) is 48.0 Å². The average Bonchev–Trinajstić information content (AvgIpc) is 2.63. The van der Waals surface area contributed by atoms with Gasteiger partial charge >= 0.3 is 0 Å². The first-order chi connectivity index (χ1) is 8.12. The molecule has 90 valence electrons. The zero-order valence-corrected chi connectivity index (χ0v) is 10.1. The Hall–Kier alpha value is -1.45. The highest BCUT2D eigenvalue weighted by Crippen LogP contribution is 2.33. The molecule has 3 nitrogen and oxygen atoms in total. The maximum absolute atomic E-state index is 10.4. The van der Waals surface area contributed by atoms with Crippen molar-refractivity contribution in [1.29, 1.82) is 0 Å². The number of rotatable bonds is 3. The van der Waals surface area contributed by atoms with Gasteiger partial charge in [0.05, 0.1) is 6.04 Å². The predicted molar refractivity (Wildman–Crippen MR) is 66.5 cm³/mol. The van der Waals surface area contributed by atoms with Gasteiger partial charge in [-0.3, -0.25) is 10.1 Å². The molecule has 0 amide bonds. The van der Waals surface area contributed by atoms with Crippen LogP contribution in [0.3, 0.4) is 0 Å². The number of carbonyl (C=O) groups is 1. The van der Waals surface area contributed by atoms with Crippen LogP contribution in [-0.2, 0) is 9.53 Å². The van der Waals surface area contributed by atoms with Crippen LogP contribution >= 0.6 is 0 Å². The number of ether oxygens (including phenoxy) is 1. The van der Waals surface area contributed by atoms with E-state index in [-0.39, 0.29) is 17.9 Å². The minimum absolute atomic E-state index is 0.0256. The fraction of sp³-hybridized carbons (Fsp3) is 0.357. The Morgan fingerprint density at radius 1 is 1.29 bits per heavy atom. The molecule has 1 fully saturated rings. The van der Waals surface area contributed by atoms with Crippen molar-refractivity contribution in [2.45, 2.75) is 31.7 Å². The third-order valence-electron chi connectivity index (χ3n) is 2.79. The molecule has 0 bridgehead atoms. The van der Waals surface area contributed by atoms with Crippen molar-refractivity contribution in [3.63, 3.8) is 0 Å². The van der Waals surface area contributed by atoms with Crippen LogP contribution in [0, 0.1) is 0 Å². The Morgan fingerprint density at radius 3 is 2.65 bits per heavy atom. The van der Waals surface area contributed by atoms with Crippen LogP contribution in [-0.4, -0.2) is 18.1 Å². The number of allylic oxidation sites excluding steroid dienone is 1. The number of hydrogen-bond acceptors (Lipinski definition) is 3. The molecule has 3 heteroatoms. The molecule has 1 aromatic carbocycles. The van der Waals surface area contributed by atoms with Crippen molar-refractivity contribution in [1.82, 2.24) is 5.32 Å². The second-order valence-electron chi connectivity index (χ2n) is 4.65. The Balaban J connectivity index is 2.24. The molecule has 1 aliphatic rings. The van der Waals surface area contributed by atoms with Crippen LogP contribution in [0.2, 0.25) is 0 Å². The van der Waals surface area contributed by atoms with Gasteiger partial charge in [0.15, 0.2) is 0 Å². The highest BCUT2D eigenvalue weighted by molar-refractivity contribution is 5.64. The van der Waals surface area contributed by atoms with E-state index < -0.39 is 0 Å². The van der Waals surface area contributed by atoms with Crippen LogP contribution < -0.4 is 5.32 Å². The lowest BCUT2D eigenvalue weighted by Crippen LogP contribution is -2.37. The number of aldehydes is 1. The maximum Gasteiger partial charge on any atom is 0.142 e. The summed E-state index contributed by atoms with van der Waals surface area (Å²) in [6, 6.07) is 10.1. The van der Waals surface area contributed by atoms with Gasteiger partial charge in [-0.05, 0) is 25.5 Å². The zero-order valence-electron chi connectivity index (χ0n) is 10.1. The molecule has 0 aromatic heterocycles. The van der Waals surface area contributed by atoms with Crippen LogP contribution in [0.5, 0.6) is 0 Å². The molecule has 0 saturated carbocycles. The highest BCUT2D eigenvalue weighted by Gasteiger charge is 2.38. The predicted octanol–water partition coefficient (Wildman–Crippen LogP) is 2.21. The molecule has 0 unspecified atom stereocenters. The average molecular weight is 231 g/mol. The van der Waals surface area contributed by atoms with Crippen molar-refractivity contribution < 1.29 is 9.53 Å². The summed E-state index contributed by atoms with van der Waals surface area (Å²) in [6.45, 7) is 3.97. The van der Waals surface area contributed by atoms with E-state index in [1.807, 2.05) is 50.3 Å². The molecule has 1 saturated heterocycles. The van der Waals surface area contributed by atoms with Crippen LogP contribution in [0.1, 0.15) is 25.5 Å². The van der Waals surface area contributed by atoms with Crippen molar-refractivity contribution in [2.24, 2.45) is 0 Å². The van der Waals surface area contributed by atoms with E-state index in [1.165, 1.54) is 6.08 Å². The van der Waals surface area contributed by atoms with Crippen LogP contribution in [0.15, 0.2) is 42.5 Å². The minimum atomic E-state index is -0.377. The second-order valence-corrected chi connectivity index (χ2v) is 4.65. The SMILES string of the molecule is CC1(C)N[C@H](/C=C/C=O)[C@@H](c2ccccc2)O1. The van der Waals surface area contributed by atoms with Crippen molar-refractivity contribution in [2.75, 3.05) is 0 Å². The van der Waals surface area contributed by atoms with E-state index in [0.717, 1.165) is 11.8 Å². The van der Waals surface area contributed by atoms with Gasteiger partial charge in [-0.1, -0.05) is 36.4 Å². The van der Waals surface area contributed by atoms with Crippen LogP contribution in [0.25, 0.3) is 0 Å². The fourth-order valence-electron chi connectivity index (χ4n) is 2.13. The van der Waals surface area contributed by atoms with E-state index in [0.29, 0.717) is 0 Å². The molecule has 0 spiro atoms. The Morgan fingerprint density at radius 2 is 2.00 bits per heavy atom. The second kappa shape index (κ2) is 4.82. The van der Waals surface area contributed by atoms with Gasteiger partial charge in [-0.25, -0.2) is 0 Å². The first kappa shape index (κ1) is 12.0.